The lowest BCUT2D eigenvalue weighted by molar-refractivity contribution is 0.281. The van der Waals surface area contributed by atoms with Gasteiger partial charge in [0.1, 0.15) is 0 Å². The van der Waals surface area contributed by atoms with Crippen molar-refractivity contribution in [3.8, 4) is 0 Å². The molecule has 0 aliphatic rings. The number of hydrogen-bond acceptors (Lipinski definition) is 3. The van der Waals surface area contributed by atoms with E-state index in [2.05, 4.69) is 6.58 Å². The second kappa shape index (κ2) is 6.13. The molecule has 4 nitrogen and oxygen atoms in total. The lowest BCUT2D eigenvalue weighted by atomic mass is 10.2. The average Bonchev–Trinajstić information content (AvgIpc) is 2.36. The molecule has 0 spiro atoms. The van der Waals surface area contributed by atoms with Gasteiger partial charge in [-0.15, -0.1) is 6.58 Å². The van der Waals surface area contributed by atoms with Crippen LogP contribution in [0.25, 0.3) is 0 Å². The van der Waals surface area contributed by atoms with Crippen LogP contribution in [0.1, 0.15) is 18.1 Å². The molecule has 1 rings (SSSR count). The molecular formula is C13H19NO3S. The smallest absolute Gasteiger partial charge is 0.243 e. The normalized spacial score (nSPS) is 11.8. The van der Waals surface area contributed by atoms with Crippen LogP contribution in [0.4, 0.5) is 0 Å². The predicted molar refractivity (Wildman–Crippen MR) is 71.7 cm³/mol. The first kappa shape index (κ1) is 14.9. The lowest BCUT2D eigenvalue weighted by Gasteiger charge is -2.20. The Morgan fingerprint density at radius 2 is 2.11 bits per heavy atom. The van der Waals surface area contributed by atoms with Crippen LogP contribution in [0, 0.1) is 6.92 Å². The molecule has 1 aromatic rings. The third-order valence-electron chi connectivity index (χ3n) is 2.74. The number of rotatable bonds is 6. The minimum absolute atomic E-state index is 0.170. The number of hydrogen-bond donors (Lipinski definition) is 1. The number of sulfonamides is 1. The summed E-state index contributed by atoms with van der Waals surface area (Å²) in [4.78, 5) is 0.248. The number of nitrogens with zero attached hydrogens (tertiary/aromatic N) is 1. The largest absolute Gasteiger partial charge is 0.392 e. The molecule has 0 bridgehead atoms. The highest BCUT2D eigenvalue weighted by molar-refractivity contribution is 7.89. The highest BCUT2D eigenvalue weighted by Gasteiger charge is 2.23. The first-order valence-corrected chi connectivity index (χ1v) is 7.22. The number of aliphatic hydroxyl groups excluding tert-OH is 1. The Balaban J connectivity index is 3.30. The molecule has 5 heteroatoms. The number of aryl methyl sites for hydroxylation is 1. The Kier molecular flexibility index (Phi) is 5.07. The summed E-state index contributed by atoms with van der Waals surface area (Å²) in [6.45, 7) is 7.59. The first-order valence-electron chi connectivity index (χ1n) is 5.78. The van der Waals surface area contributed by atoms with Crippen molar-refractivity contribution in [2.45, 2.75) is 25.3 Å². The molecule has 0 aliphatic heterocycles. The second-order valence-corrected chi connectivity index (χ2v) is 5.91. The van der Waals surface area contributed by atoms with Crippen LogP contribution in [0.15, 0.2) is 35.7 Å². The lowest BCUT2D eigenvalue weighted by Crippen LogP contribution is -2.31. The topological polar surface area (TPSA) is 57.6 Å². The summed E-state index contributed by atoms with van der Waals surface area (Å²) in [5, 5.41) is 9.09. The van der Waals surface area contributed by atoms with Crippen LogP contribution < -0.4 is 0 Å². The van der Waals surface area contributed by atoms with Crippen molar-refractivity contribution < 1.29 is 13.5 Å². The Labute approximate surface area is 109 Å². The van der Waals surface area contributed by atoms with Crippen molar-refractivity contribution in [2.24, 2.45) is 0 Å². The highest BCUT2D eigenvalue weighted by atomic mass is 32.2. The standard InChI is InChI=1S/C13H19NO3S/c1-4-8-14(5-2)18(16,17)13-9-12(10-15)7-6-11(13)3/h4,6-7,9,15H,1,5,8,10H2,2-3H3. The van der Waals surface area contributed by atoms with Gasteiger partial charge in [-0.2, -0.15) is 4.31 Å². The highest BCUT2D eigenvalue weighted by Crippen LogP contribution is 2.21. The fourth-order valence-corrected chi connectivity index (χ4v) is 3.40. The molecule has 0 aromatic heterocycles. The van der Waals surface area contributed by atoms with E-state index in [0.717, 1.165) is 0 Å². The van der Waals surface area contributed by atoms with Crippen molar-refractivity contribution in [2.75, 3.05) is 13.1 Å². The maximum absolute atomic E-state index is 12.4. The van der Waals surface area contributed by atoms with Crippen molar-refractivity contribution in [1.29, 1.82) is 0 Å². The minimum atomic E-state index is -3.53. The summed E-state index contributed by atoms with van der Waals surface area (Å²) in [7, 11) is -3.53. The summed E-state index contributed by atoms with van der Waals surface area (Å²) in [6, 6.07) is 4.95. The molecule has 0 fully saturated rings. The fraction of sp³-hybridized carbons (Fsp3) is 0.385. The van der Waals surface area contributed by atoms with Gasteiger partial charge in [-0.25, -0.2) is 8.42 Å². The van der Waals surface area contributed by atoms with Gasteiger partial charge in [0.25, 0.3) is 0 Å². The van der Waals surface area contributed by atoms with Crippen LogP contribution in [0.5, 0.6) is 0 Å². The second-order valence-electron chi connectivity index (χ2n) is 4.00. The molecule has 0 saturated carbocycles. The summed E-state index contributed by atoms with van der Waals surface area (Å²) < 4.78 is 26.2. The van der Waals surface area contributed by atoms with Gasteiger partial charge in [0.05, 0.1) is 11.5 Å². The summed E-state index contributed by atoms with van der Waals surface area (Å²) in [5.41, 5.74) is 1.27. The van der Waals surface area contributed by atoms with Gasteiger partial charge >= 0.3 is 0 Å². The predicted octanol–water partition coefficient (Wildman–Crippen LogP) is 1.68. The minimum Gasteiger partial charge on any atom is -0.392 e. The van der Waals surface area contributed by atoms with Crippen LogP contribution in [-0.2, 0) is 16.6 Å². The Hall–Kier alpha value is -1.17. The van der Waals surface area contributed by atoms with E-state index in [4.69, 9.17) is 5.11 Å². The third-order valence-corrected chi connectivity index (χ3v) is 4.82. The molecule has 0 aliphatic carbocycles. The van der Waals surface area contributed by atoms with Crippen molar-refractivity contribution >= 4 is 10.0 Å². The Morgan fingerprint density at radius 3 is 2.61 bits per heavy atom. The monoisotopic (exact) mass is 269 g/mol. The number of aliphatic hydroxyl groups is 1. The zero-order chi connectivity index (χ0) is 13.8. The molecule has 18 heavy (non-hydrogen) atoms. The van der Waals surface area contributed by atoms with E-state index >= 15 is 0 Å². The van der Waals surface area contributed by atoms with Crippen LogP contribution >= 0.6 is 0 Å². The fourth-order valence-electron chi connectivity index (χ4n) is 1.70. The SMILES string of the molecule is C=CCN(CC)S(=O)(=O)c1cc(CO)ccc1C. The van der Waals surface area contributed by atoms with Gasteiger partial charge in [0.2, 0.25) is 10.0 Å². The van der Waals surface area contributed by atoms with Gasteiger partial charge in [-0.1, -0.05) is 25.1 Å². The van der Waals surface area contributed by atoms with Crippen molar-refractivity contribution in [3.63, 3.8) is 0 Å². The summed E-state index contributed by atoms with van der Waals surface area (Å²) >= 11 is 0. The van der Waals surface area contributed by atoms with Gasteiger partial charge in [-0.05, 0) is 24.1 Å². The zero-order valence-electron chi connectivity index (χ0n) is 10.8. The summed E-state index contributed by atoms with van der Waals surface area (Å²) in [5.74, 6) is 0. The first-order chi connectivity index (χ1) is 8.47. The van der Waals surface area contributed by atoms with E-state index in [-0.39, 0.29) is 18.0 Å². The van der Waals surface area contributed by atoms with Crippen molar-refractivity contribution in [1.82, 2.24) is 4.31 Å². The molecule has 0 heterocycles. The number of benzene rings is 1. The van der Waals surface area contributed by atoms with Crippen LogP contribution in [0.2, 0.25) is 0 Å². The van der Waals surface area contributed by atoms with E-state index in [0.29, 0.717) is 17.7 Å². The maximum atomic E-state index is 12.4. The van der Waals surface area contributed by atoms with Gasteiger partial charge < -0.3 is 5.11 Å². The molecule has 0 atom stereocenters. The molecule has 1 aromatic carbocycles. The zero-order valence-corrected chi connectivity index (χ0v) is 11.6. The molecule has 0 unspecified atom stereocenters. The van der Waals surface area contributed by atoms with Crippen LogP contribution in [0.3, 0.4) is 0 Å². The van der Waals surface area contributed by atoms with E-state index in [1.165, 1.54) is 10.4 Å². The third kappa shape index (κ3) is 2.98. The van der Waals surface area contributed by atoms with Gasteiger partial charge in [-0.3, -0.25) is 0 Å². The van der Waals surface area contributed by atoms with Crippen LogP contribution in [-0.4, -0.2) is 30.9 Å². The summed E-state index contributed by atoms with van der Waals surface area (Å²) in [6.07, 6.45) is 1.56. The molecule has 0 saturated heterocycles. The van der Waals surface area contributed by atoms with E-state index < -0.39 is 10.0 Å². The van der Waals surface area contributed by atoms with Gasteiger partial charge in [0.15, 0.2) is 0 Å². The van der Waals surface area contributed by atoms with Gasteiger partial charge in [0, 0.05) is 13.1 Å². The van der Waals surface area contributed by atoms with E-state index in [9.17, 15) is 8.42 Å². The molecular weight excluding hydrogens is 250 g/mol. The quantitative estimate of drug-likeness (QED) is 0.799. The Morgan fingerprint density at radius 1 is 1.44 bits per heavy atom. The molecule has 0 amide bonds. The van der Waals surface area contributed by atoms with E-state index in [1.807, 2.05) is 0 Å². The average molecular weight is 269 g/mol. The maximum Gasteiger partial charge on any atom is 0.243 e. The van der Waals surface area contributed by atoms with E-state index in [1.54, 1.807) is 32.1 Å². The molecule has 0 radical (unpaired) electrons. The number of likely N-dealkylation sites (N-methyl/N-ethyl adjacent to an activating group) is 1. The van der Waals surface area contributed by atoms with Crippen molar-refractivity contribution in [3.05, 3.63) is 42.0 Å². The molecule has 100 valence electrons. The Bertz CT molecular complexity index is 523. The molecule has 1 N–H and O–H groups in total.